The highest BCUT2D eigenvalue weighted by atomic mass is 127. The third kappa shape index (κ3) is 3.12. The molecule has 0 spiro atoms. The first kappa shape index (κ1) is 17.2. The van der Waals surface area contributed by atoms with Gasteiger partial charge in [0.1, 0.15) is 0 Å². The van der Waals surface area contributed by atoms with Gasteiger partial charge in [-0.2, -0.15) is 0 Å². The number of hydrogen-bond donors (Lipinski definition) is 1. The number of fused-ring (bicyclic) bond motifs is 1. The predicted octanol–water partition coefficient (Wildman–Crippen LogP) is 4.14. The SMILES string of the molecule is COc1cc2nc(N)n(CCc3cccc(I)c3Cl)c2cc1OC. The van der Waals surface area contributed by atoms with E-state index >= 15 is 0 Å². The van der Waals surface area contributed by atoms with E-state index < -0.39 is 0 Å². The first-order valence-electron chi connectivity index (χ1n) is 7.35. The molecule has 3 aromatic rings. The van der Waals surface area contributed by atoms with Crippen LogP contribution in [0.1, 0.15) is 5.56 Å². The van der Waals surface area contributed by atoms with Gasteiger partial charge < -0.3 is 19.8 Å². The number of aryl methyl sites for hydroxylation is 2. The van der Waals surface area contributed by atoms with Crippen molar-refractivity contribution in [2.45, 2.75) is 13.0 Å². The normalized spacial score (nSPS) is 11.0. The number of nitrogens with two attached hydrogens (primary N) is 1. The topological polar surface area (TPSA) is 62.3 Å². The Morgan fingerprint density at radius 3 is 2.62 bits per heavy atom. The van der Waals surface area contributed by atoms with Crippen molar-refractivity contribution in [3.63, 3.8) is 0 Å². The Balaban J connectivity index is 1.97. The lowest BCUT2D eigenvalue weighted by Gasteiger charge is -2.11. The molecule has 0 atom stereocenters. The number of methoxy groups -OCH3 is 2. The average molecular weight is 458 g/mol. The van der Waals surface area contributed by atoms with Crippen LogP contribution in [0.5, 0.6) is 11.5 Å². The van der Waals surface area contributed by atoms with Gasteiger partial charge in [-0.25, -0.2) is 4.98 Å². The molecule has 0 amide bonds. The average Bonchev–Trinajstić information content (AvgIpc) is 2.89. The van der Waals surface area contributed by atoms with E-state index in [1.807, 2.05) is 34.9 Å². The summed E-state index contributed by atoms with van der Waals surface area (Å²) in [5, 5.41) is 0.792. The smallest absolute Gasteiger partial charge is 0.201 e. The van der Waals surface area contributed by atoms with E-state index in [4.69, 9.17) is 26.8 Å². The molecule has 1 heterocycles. The summed E-state index contributed by atoms with van der Waals surface area (Å²) in [6.45, 7) is 0.678. The molecule has 0 aliphatic rings. The van der Waals surface area contributed by atoms with Crippen molar-refractivity contribution in [1.29, 1.82) is 0 Å². The van der Waals surface area contributed by atoms with Gasteiger partial charge in [0.25, 0.3) is 0 Å². The maximum Gasteiger partial charge on any atom is 0.201 e. The molecule has 2 N–H and O–H groups in total. The standard InChI is InChI=1S/C17H17ClIN3O2/c1-23-14-8-12-13(9-15(14)24-2)22(17(20)21-12)7-6-10-4-3-5-11(19)16(10)18/h3-5,8-9H,6-7H2,1-2H3,(H2,20,21). The van der Waals surface area contributed by atoms with E-state index in [1.165, 1.54) is 0 Å². The number of nitrogen functional groups attached to an aromatic ring is 1. The largest absolute Gasteiger partial charge is 0.493 e. The van der Waals surface area contributed by atoms with Crippen molar-refractivity contribution in [2.75, 3.05) is 20.0 Å². The van der Waals surface area contributed by atoms with Crippen molar-refractivity contribution in [1.82, 2.24) is 9.55 Å². The minimum absolute atomic E-state index is 0.460. The molecule has 24 heavy (non-hydrogen) atoms. The third-order valence-electron chi connectivity index (χ3n) is 3.92. The van der Waals surface area contributed by atoms with Crippen LogP contribution in [0.2, 0.25) is 5.02 Å². The van der Waals surface area contributed by atoms with Gasteiger partial charge in [0, 0.05) is 22.2 Å². The number of ether oxygens (including phenoxy) is 2. The fraction of sp³-hybridized carbons (Fsp3) is 0.235. The zero-order valence-electron chi connectivity index (χ0n) is 13.3. The van der Waals surface area contributed by atoms with Crippen LogP contribution < -0.4 is 15.2 Å². The van der Waals surface area contributed by atoms with Crippen molar-refractivity contribution in [3.05, 3.63) is 44.5 Å². The van der Waals surface area contributed by atoms with E-state index in [0.29, 0.717) is 24.0 Å². The van der Waals surface area contributed by atoms with Gasteiger partial charge in [0.15, 0.2) is 11.5 Å². The Hall–Kier alpha value is -1.67. The van der Waals surface area contributed by atoms with Gasteiger partial charge in [0.2, 0.25) is 5.95 Å². The number of imidazole rings is 1. The minimum atomic E-state index is 0.460. The first-order chi connectivity index (χ1) is 11.5. The summed E-state index contributed by atoms with van der Waals surface area (Å²) in [5.74, 6) is 1.75. The number of benzene rings is 2. The molecule has 0 aliphatic heterocycles. The Kier molecular flexibility index (Phi) is 5.05. The molecule has 0 aliphatic carbocycles. The maximum atomic E-state index is 6.38. The number of nitrogens with zero attached hydrogens (tertiary/aromatic N) is 2. The molecule has 0 saturated heterocycles. The Bertz CT molecular complexity index is 895. The molecule has 2 aromatic carbocycles. The summed E-state index contributed by atoms with van der Waals surface area (Å²) in [7, 11) is 3.21. The lowest BCUT2D eigenvalue weighted by atomic mass is 10.1. The van der Waals surface area contributed by atoms with Gasteiger partial charge in [0.05, 0.1) is 30.3 Å². The first-order valence-corrected chi connectivity index (χ1v) is 8.81. The predicted molar refractivity (Wildman–Crippen MR) is 105 cm³/mol. The lowest BCUT2D eigenvalue weighted by Crippen LogP contribution is -2.06. The fourth-order valence-corrected chi connectivity index (χ4v) is 3.45. The zero-order valence-corrected chi connectivity index (χ0v) is 16.3. The monoisotopic (exact) mass is 457 g/mol. The highest BCUT2D eigenvalue weighted by molar-refractivity contribution is 14.1. The summed E-state index contributed by atoms with van der Waals surface area (Å²) in [5.41, 5.74) is 8.88. The van der Waals surface area contributed by atoms with Gasteiger partial charge in [-0.3, -0.25) is 0 Å². The molecular formula is C17H17ClIN3O2. The lowest BCUT2D eigenvalue weighted by molar-refractivity contribution is 0.355. The number of halogens is 2. The Morgan fingerprint density at radius 2 is 1.92 bits per heavy atom. The molecule has 3 rings (SSSR count). The summed E-state index contributed by atoms with van der Waals surface area (Å²) in [6.07, 6.45) is 0.764. The second-order valence-electron chi connectivity index (χ2n) is 5.28. The molecule has 126 valence electrons. The van der Waals surface area contributed by atoms with Gasteiger partial charge in [-0.1, -0.05) is 23.7 Å². The number of rotatable bonds is 5. The van der Waals surface area contributed by atoms with E-state index in [1.54, 1.807) is 14.2 Å². The van der Waals surface area contributed by atoms with Crippen LogP contribution in [0.3, 0.4) is 0 Å². The van der Waals surface area contributed by atoms with Crippen LogP contribution in [-0.4, -0.2) is 23.8 Å². The molecule has 1 aromatic heterocycles. The van der Waals surface area contributed by atoms with Gasteiger partial charge >= 0.3 is 0 Å². The van der Waals surface area contributed by atoms with Gasteiger partial charge in [-0.05, 0) is 40.6 Å². The quantitative estimate of drug-likeness (QED) is 0.585. The molecule has 0 fully saturated rings. The minimum Gasteiger partial charge on any atom is -0.493 e. The van der Waals surface area contributed by atoms with Crippen LogP contribution in [0.4, 0.5) is 5.95 Å². The molecule has 0 saturated carbocycles. The van der Waals surface area contributed by atoms with Crippen molar-refractivity contribution in [3.8, 4) is 11.5 Å². The third-order valence-corrected chi connectivity index (χ3v) is 5.58. The Morgan fingerprint density at radius 1 is 1.21 bits per heavy atom. The molecule has 7 heteroatoms. The number of aromatic nitrogens is 2. The van der Waals surface area contributed by atoms with Crippen LogP contribution in [0.15, 0.2) is 30.3 Å². The highest BCUT2D eigenvalue weighted by Crippen LogP contribution is 2.33. The van der Waals surface area contributed by atoms with Crippen LogP contribution in [-0.2, 0) is 13.0 Å². The summed E-state index contributed by atoms with van der Waals surface area (Å²) < 4.78 is 13.7. The van der Waals surface area contributed by atoms with E-state index in [-0.39, 0.29) is 0 Å². The van der Waals surface area contributed by atoms with Gasteiger partial charge in [-0.15, -0.1) is 0 Å². The van der Waals surface area contributed by atoms with Crippen molar-refractivity contribution >= 4 is 51.2 Å². The summed E-state index contributed by atoms with van der Waals surface area (Å²) in [4.78, 5) is 4.42. The van der Waals surface area contributed by atoms with Crippen LogP contribution >= 0.6 is 34.2 Å². The zero-order chi connectivity index (χ0) is 17.3. The molecule has 0 bridgehead atoms. The Labute approximate surface area is 158 Å². The molecule has 0 radical (unpaired) electrons. The molecule has 0 unspecified atom stereocenters. The maximum absolute atomic E-state index is 6.38. The van der Waals surface area contributed by atoms with Crippen molar-refractivity contribution < 1.29 is 9.47 Å². The summed E-state index contributed by atoms with van der Waals surface area (Å²) in [6, 6.07) is 9.76. The second-order valence-corrected chi connectivity index (χ2v) is 6.82. The summed E-state index contributed by atoms with van der Waals surface area (Å²) >= 11 is 8.61. The van der Waals surface area contributed by atoms with Crippen LogP contribution in [0, 0.1) is 3.57 Å². The van der Waals surface area contributed by atoms with E-state index in [9.17, 15) is 0 Å². The number of anilines is 1. The van der Waals surface area contributed by atoms with Crippen molar-refractivity contribution in [2.24, 2.45) is 0 Å². The second kappa shape index (κ2) is 7.06. The highest BCUT2D eigenvalue weighted by Gasteiger charge is 2.14. The number of hydrogen-bond acceptors (Lipinski definition) is 4. The van der Waals surface area contributed by atoms with Crippen LogP contribution in [0.25, 0.3) is 11.0 Å². The van der Waals surface area contributed by atoms with E-state index in [2.05, 4.69) is 27.6 Å². The van der Waals surface area contributed by atoms with E-state index in [0.717, 1.165) is 31.6 Å². The molecule has 5 nitrogen and oxygen atoms in total. The fourth-order valence-electron chi connectivity index (χ4n) is 2.68. The molecular weight excluding hydrogens is 441 g/mol.